The summed E-state index contributed by atoms with van der Waals surface area (Å²) >= 11 is 5.91. The van der Waals surface area contributed by atoms with Gasteiger partial charge in [-0.05, 0) is 86.9 Å². The van der Waals surface area contributed by atoms with E-state index in [1.807, 2.05) is 12.3 Å². The van der Waals surface area contributed by atoms with Crippen molar-refractivity contribution in [1.82, 2.24) is 24.7 Å². The van der Waals surface area contributed by atoms with E-state index in [0.717, 1.165) is 50.2 Å². The Balaban J connectivity index is 1.54. The molecule has 2 aromatic heterocycles. The number of hydrogen-bond acceptors (Lipinski definition) is 4. The van der Waals surface area contributed by atoms with Gasteiger partial charge in [-0.1, -0.05) is 12.1 Å². The van der Waals surface area contributed by atoms with E-state index in [0.29, 0.717) is 0 Å². The molecule has 0 spiro atoms. The van der Waals surface area contributed by atoms with Crippen molar-refractivity contribution in [3.8, 4) is 5.69 Å². The molecule has 2 atom stereocenters. The summed E-state index contributed by atoms with van der Waals surface area (Å²) in [6.45, 7) is 14.1. The van der Waals surface area contributed by atoms with E-state index in [1.54, 1.807) is 0 Å². The van der Waals surface area contributed by atoms with Gasteiger partial charge in [0, 0.05) is 49.5 Å². The van der Waals surface area contributed by atoms with Crippen LogP contribution in [0, 0.1) is 27.7 Å². The molecule has 184 valence electrons. The third-order valence-corrected chi connectivity index (χ3v) is 7.56. The summed E-state index contributed by atoms with van der Waals surface area (Å²) in [4.78, 5) is 9.55. The largest absolute Gasteiger partial charge is 0.379 e. The molecule has 2 saturated heterocycles. The Bertz CT molecular complexity index is 1180. The number of aryl methyl sites for hydroxylation is 3. The smallest absolute Gasteiger partial charge is 0.170 e. The van der Waals surface area contributed by atoms with Gasteiger partial charge < -0.3 is 19.5 Å². The van der Waals surface area contributed by atoms with E-state index < -0.39 is 0 Å². The zero-order valence-corrected chi connectivity index (χ0v) is 21.9. The maximum Gasteiger partial charge on any atom is 0.170 e. The lowest BCUT2D eigenvalue weighted by molar-refractivity contribution is 0.0350. The van der Waals surface area contributed by atoms with Crippen molar-refractivity contribution in [1.29, 1.82) is 0 Å². The fourth-order valence-electron chi connectivity index (χ4n) is 5.62. The zero-order chi connectivity index (χ0) is 24.5. The fraction of sp³-hybridized carbons (Fsp3) is 0.429. The number of rotatable bonds is 6. The lowest BCUT2D eigenvalue weighted by Gasteiger charge is -2.32. The molecule has 7 heteroatoms. The molecule has 2 unspecified atom stereocenters. The molecule has 4 heterocycles. The monoisotopic (exact) mass is 489 g/mol. The minimum atomic E-state index is 0.00147. The van der Waals surface area contributed by atoms with Gasteiger partial charge in [-0.15, -0.1) is 0 Å². The molecule has 6 nitrogen and oxygen atoms in total. The van der Waals surface area contributed by atoms with Crippen LogP contribution in [0.3, 0.4) is 0 Å². The van der Waals surface area contributed by atoms with Crippen molar-refractivity contribution in [3.05, 3.63) is 82.4 Å². The predicted octanol–water partition coefficient (Wildman–Crippen LogP) is 4.41. The summed E-state index contributed by atoms with van der Waals surface area (Å²) in [6, 6.07) is 15.3. The highest BCUT2D eigenvalue weighted by molar-refractivity contribution is 7.80. The molecule has 0 aliphatic carbocycles. The Morgan fingerprint density at radius 3 is 2.43 bits per heavy atom. The predicted molar refractivity (Wildman–Crippen MR) is 144 cm³/mol. The highest BCUT2D eigenvalue weighted by Gasteiger charge is 2.41. The van der Waals surface area contributed by atoms with Crippen molar-refractivity contribution in [3.63, 3.8) is 0 Å². The van der Waals surface area contributed by atoms with Gasteiger partial charge in [0.05, 0.1) is 31.0 Å². The molecular weight excluding hydrogens is 454 g/mol. The van der Waals surface area contributed by atoms with Gasteiger partial charge in [-0.2, -0.15) is 0 Å². The zero-order valence-electron chi connectivity index (χ0n) is 21.1. The van der Waals surface area contributed by atoms with Crippen LogP contribution >= 0.6 is 12.2 Å². The number of pyridine rings is 1. The molecule has 0 bridgehead atoms. The van der Waals surface area contributed by atoms with E-state index in [-0.39, 0.29) is 12.1 Å². The Hall–Kier alpha value is -2.74. The van der Waals surface area contributed by atoms with E-state index in [4.69, 9.17) is 21.9 Å². The van der Waals surface area contributed by atoms with E-state index in [9.17, 15) is 0 Å². The van der Waals surface area contributed by atoms with Crippen LogP contribution in [0.25, 0.3) is 5.69 Å². The van der Waals surface area contributed by atoms with Gasteiger partial charge >= 0.3 is 0 Å². The minimum absolute atomic E-state index is 0.00147. The summed E-state index contributed by atoms with van der Waals surface area (Å²) in [5, 5.41) is 4.41. The van der Waals surface area contributed by atoms with Gasteiger partial charge in [0.15, 0.2) is 5.11 Å². The SMILES string of the molecule is Cc1cc(C)cc(-n2c(C)cc(C3C(c4ccccn4)NC(=S)N3CCN3CCOCC3)c2C)c1. The number of aromatic nitrogens is 2. The molecule has 2 aliphatic rings. The summed E-state index contributed by atoms with van der Waals surface area (Å²) in [5.41, 5.74) is 8.56. The molecule has 35 heavy (non-hydrogen) atoms. The highest BCUT2D eigenvalue weighted by atomic mass is 32.1. The summed E-state index contributed by atoms with van der Waals surface area (Å²) in [7, 11) is 0. The molecule has 5 rings (SSSR count). The van der Waals surface area contributed by atoms with Crippen LogP contribution in [0.15, 0.2) is 48.7 Å². The van der Waals surface area contributed by atoms with E-state index >= 15 is 0 Å². The second-order valence-corrected chi connectivity index (χ2v) is 10.2. The van der Waals surface area contributed by atoms with Gasteiger partial charge in [0.1, 0.15) is 0 Å². The normalized spacial score (nSPS) is 20.9. The van der Waals surface area contributed by atoms with Crippen LogP contribution in [-0.2, 0) is 4.74 Å². The van der Waals surface area contributed by atoms with Crippen LogP contribution in [0.4, 0.5) is 0 Å². The maximum atomic E-state index is 5.91. The molecule has 1 aromatic carbocycles. The quantitative estimate of drug-likeness (QED) is 0.518. The van der Waals surface area contributed by atoms with Crippen LogP contribution in [0.2, 0.25) is 0 Å². The average molecular weight is 490 g/mol. The molecule has 2 aliphatic heterocycles. The Morgan fingerprint density at radius 2 is 1.74 bits per heavy atom. The van der Waals surface area contributed by atoms with E-state index in [2.05, 4.69) is 83.8 Å². The van der Waals surface area contributed by atoms with E-state index in [1.165, 1.54) is 33.8 Å². The standard InChI is InChI=1S/C28H35N5OS/c1-19-15-20(2)17-23(16-19)33-21(3)18-24(22(33)4)27-26(25-7-5-6-8-29-25)30-28(35)32(27)10-9-31-11-13-34-14-12-31/h5-8,15-18,26-27H,9-14H2,1-4H3,(H,30,35). The number of morpholine rings is 1. The number of nitrogens with one attached hydrogen (secondary N) is 1. The lowest BCUT2D eigenvalue weighted by atomic mass is 9.96. The first-order valence-electron chi connectivity index (χ1n) is 12.5. The second-order valence-electron chi connectivity index (χ2n) is 9.78. The Morgan fingerprint density at radius 1 is 1.00 bits per heavy atom. The van der Waals surface area contributed by atoms with Gasteiger partial charge in [-0.25, -0.2) is 0 Å². The molecular formula is C28H35N5OS. The van der Waals surface area contributed by atoms with Crippen molar-refractivity contribution in [2.24, 2.45) is 0 Å². The average Bonchev–Trinajstić information content (AvgIpc) is 3.33. The van der Waals surface area contributed by atoms with Crippen LogP contribution in [0.1, 0.15) is 45.9 Å². The minimum Gasteiger partial charge on any atom is -0.379 e. The lowest BCUT2D eigenvalue weighted by Crippen LogP contribution is -2.42. The first-order chi connectivity index (χ1) is 16.9. The van der Waals surface area contributed by atoms with Crippen molar-refractivity contribution in [2.75, 3.05) is 39.4 Å². The first kappa shape index (κ1) is 24.0. The first-order valence-corrected chi connectivity index (χ1v) is 12.9. The number of ether oxygens (including phenoxy) is 1. The number of thiocarbonyl (C=S) groups is 1. The number of nitrogens with zero attached hydrogens (tertiary/aromatic N) is 4. The van der Waals surface area contributed by atoms with Crippen LogP contribution < -0.4 is 5.32 Å². The number of benzene rings is 1. The van der Waals surface area contributed by atoms with Crippen molar-refractivity contribution < 1.29 is 4.74 Å². The third kappa shape index (κ3) is 4.85. The van der Waals surface area contributed by atoms with Gasteiger partial charge in [0.2, 0.25) is 0 Å². The van der Waals surface area contributed by atoms with Crippen LogP contribution in [-0.4, -0.2) is 63.9 Å². The molecule has 3 aromatic rings. The Kier molecular flexibility index (Phi) is 6.91. The second kappa shape index (κ2) is 10.1. The number of hydrogen-bond donors (Lipinski definition) is 1. The van der Waals surface area contributed by atoms with Gasteiger partial charge in [0.25, 0.3) is 0 Å². The molecule has 0 saturated carbocycles. The highest BCUT2D eigenvalue weighted by Crippen LogP contribution is 2.41. The van der Waals surface area contributed by atoms with Crippen LogP contribution in [0.5, 0.6) is 0 Å². The molecule has 2 fully saturated rings. The maximum absolute atomic E-state index is 5.91. The molecule has 1 N–H and O–H groups in total. The van der Waals surface area contributed by atoms with Gasteiger partial charge in [-0.3, -0.25) is 9.88 Å². The Labute approximate surface area is 213 Å². The summed E-state index contributed by atoms with van der Waals surface area (Å²) in [6.07, 6.45) is 1.87. The summed E-state index contributed by atoms with van der Waals surface area (Å²) < 4.78 is 7.93. The summed E-state index contributed by atoms with van der Waals surface area (Å²) in [5.74, 6) is 0. The van der Waals surface area contributed by atoms with Crippen molar-refractivity contribution >= 4 is 17.3 Å². The van der Waals surface area contributed by atoms with Crippen molar-refractivity contribution in [2.45, 2.75) is 39.8 Å². The topological polar surface area (TPSA) is 45.6 Å². The molecule has 0 radical (unpaired) electrons. The fourth-order valence-corrected chi connectivity index (χ4v) is 5.95. The molecule has 0 amide bonds. The third-order valence-electron chi connectivity index (χ3n) is 7.21.